The van der Waals surface area contributed by atoms with Gasteiger partial charge in [-0.3, -0.25) is 9.59 Å². The summed E-state index contributed by atoms with van der Waals surface area (Å²) in [5.41, 5.74) is 0. The topological polar surface area (TPSA) is 52.6 Å². The molecule has 0 aliphatic rings. The maximum Gasteiger partial charge on any atom is 0.306 e. The van der Waals surface area contributed by atoms with Gasteiger partial charge in [0.15, 0.2) is 0 Å². The molecular formula is C22H40O4. The quantitative estimate of drug-likeness (QED) is 0.187. The molecule has 0 aromatic carbocycles. The van der Waals surface area contributed by atoms with Crippen molar-refractivity contribution in [1.82, 2.24) is 0 Å². The van der Waals surface area contributed by atoms with Crippen molar-refractivity contribution < 1.29 is 19.1 Å². The number of carbonyl (C=O) groups excluding carboxylic acids is 2. The summed E-state index contributed by atoms with van der Waals surface area (Å²) in [5, 5.41) is 0. The first-order chi connectivity index (χ1) is 12.4. The molecule has 0 aromatic rings. The van der Waals surface area contributed by atoms with Crippen molar-refractivity contribution >= 4 is 11.9 Å². The maximum atomic E-state index is 11.4. The van der Waals surface area contributed by atoms with E-state index in [1.807, 2.05) is 27.7 Å². The van der Waals surface area contributed by atoms with Crippen molar-refractivity contribution in [1.29, 1.82) is 0 Å². The second-order valence-corrected chi connectivity index (χ2v) is 7.45. The second kappa shape index (κ2) is 17.1. The van der Waals surface area contributed by atoms with E-state index in [2.05, 4.69) is 12.2 Å². The minimum atomic E-state index is -0.0765. The van der Waals surface area contributed by atoms with Crippen LogP contribution in [0.25, 0.3) is 0 Å². The van der Waals surface area contributed by atoms with E-state index in [0.717, 1.165) is 44.9 Å². The maximum absolute atomic E-state index is 11.4. The third-order valence-corrected chi connectivity index (χ3v) is 3.90. The van der Waals surface area contributed by atoms with Gasteiger partial charge in [-0.15, -0.1) is 0 Å². The molecule has 4 nitrogen and oxygen atoms in total. The Morgan fingerprint density at radius 3 is 1.38 bits per heavy atom. The third-order valence-electron chi connectivity index (χ3n) is 3.90. The molecule has 0 saturated heterocycles. The Morgan fingerprint density at radius 1 is 0.615 bits per heavy atom. The van der Waals surface area contributed by atoms with Gasteiger partial charge in [0.05, 0.1) is 12.2 Å². The van der Waals surface area contributed by atoms with Gasteiger partial charge in [0, 0.05) is 12.8 Å². The third kappa shape index (κ3) is 19.0. The van der Waals surface area contributed by atoms with E-state index in [4.69, 9.17) is 9.47 Å². The van der Waals surface area contributed by atoms with Crippen LogP contribution < -0.4 is 0 Å². The first-order valence-corrected chi connectivity index (χ1v) is 10.5. The average Bonchev–Trinajstić information content (AvgIpc) is 2.53. The number of unbranched alkanes of at least 4 members (excludes halogenated alkanes) is 8. The van der Waals surface area contributed by atoms with Gasteiger partial charge in [0.1, 0.15) is 0 Å². The molecule has 26 heavy (non-hydrogen) atoms. The molecule has 0 rings (SSSR count). The molecule has 0 spiro atoms. The van der Waals surface area contributed by atoms with Gasteiger partial charge >= 0.3 is 11.9 Å². The Balaban J connectivity index is 3.29. The van der Waals surface area contributed by atoms with Crippen LogP contribution in [0.3, 0.4) is 0 Å². The van der Waals surface area contributed by atoms with Crippen LogP contribution in [-0.4, -0.2) is 24.1 Å². The van der Waals surface area contributed by atoms with Crippen LogP contribution in [0.1, 0.15) is 105 Å². The van der Waals surface area contributed by atoms with Crippen LogP contribution in [0, 0.1) is 0 Å². The molecule has 0 aromatic heterocycles. The van der Waals surface area contributed by atoms with Gasteiger partial charge in [0.25, 0.3) is 0 Å². The minimum absolute atomic E-state index is 0.00401. The average molecular weight is 369 g/mol. The van der Waals surface area contributed by atoms with Gasteiger partial charge in [0.2, 0.25) is 0 Å². The summed E-state index contributed by atoms with van der Waals surface area (Å²) in [6, 6.07) is 0. The predicted octanol–water partition coefficient (Wildman–Crippen LogP) is 6.13. The fourth-order valence-corrected chi connectivity index (χ4v) is 2.65. The number of hydrogen-bond donors (Lipinski definition) is 0. The Labute approximate surface area is 160 Å². The van der Waals surface area contributed by atoms with Crippen LogP contribution in [0.2, 0.25) is 0 Å². The summed E-state index contributed by atoms with van der Waals surface area (Å²) >= 11 is 0. The lowest BCUT2D eigenvalue weighted by Gasteiger charge is -2.07. The molecule has 0 aliphatic heterocycles. The van der Waals surface area contributed by atoms with Crippen molar-refractivity contribution in [2.45, 2.75) is 117 Å². The molecule has 0 fully saturated rings. The number of rotatable bonds is 16. The van der Waals surface area contributed by atoms with Crippen molar-refractivity contribution in [3.63, 3.8) is 0 Å². The minimum Gasteiger partial charge on any atom is -0.463 e. The summed E-state index contributed by atoms with van der Waals surface area (Å²) in [4.78, 5) is 22.7. The number of esters is 2. The van der Waals surface area contributed by atoms with Crippen molar-refractivity contribution in [2.24, 2.45) is 0 Å². The van der Waals surface area contributed by atoms with Crippen molar-refractivity contribution in [3.8, 4) is 0 Å². The van der Waals surface area contributed by atoms with E-state index >= 15 is 0 Å². The van der Waals surface area contributed by atoms with E-state index in [1.54, 1.807) is 0 Å². The van der Waals surface area contributed by atoms with Crippen molar-refractivity contribution in [3.05, 3.63) is 12.2 Å². The van der Waals surface area contributed by atoms with Crippen LogP contribution >= 0.6 is 0 Å². The largest absolute Gasteiger partial charge is 0.463 e. The number of carbonyl (C=O) groups is 2. The highest BCUT2D eigenvalue weighted by molar-refractivity contribution is 5.69. The first-order valence-electron chi connectivity index (χ1n) is 10.5. The molecule has 0 unspecified atom stereocenters. The van der Waals surface area contributed by atoms with Gasteiger partial charge in [-0.2, -0.15) is 0 Å². The molecule has 0 bridgehead atoms. The standard InChI is InChI=1S/C22H40O4/c1-19(2)25-21(23)17-15-13-11-9-7-5-6-8-10-12-14-16-18-22(24)26-20(3)4/h5,7,19-20H,6,8-18H2,1-4H3/b7-5+. The van der Waals surface area contributed by atoms with Crippen LogP contribution in [0.15, 0.2) is 12.2 Å². The lowest BCUT2D eigenvalue weighted by atomic mass is 10.1. The zero-order valence-electron chi connectivity index (χ0n) is 17.4. The van der Waals surface area contributed by atoms with E-state index in [0.29, 0.717) is 12.8 Å². The van der Waals surface area contributed by atoms with Crippen LogP contribution in [0.4, 0.5) is 0 Å². The fourth-order valence-electron chi connectivity index (χ4n) is 2.65. The molecule has 0 N–H and O–H groups in total. The summed E-state index contributed by atoms with van der Waals surface area (Å²) in [5.74, 6) is -0.146. The predicted molar refractivity (Wildman–Crippen MR) is 107 cm³/mol. The van der Waals surface area contributed by atoms with Gasteiger partial charge < -0.3 is 9.47 Å². The van der Waals surface area contributed by atoms with E-state index < -0.39 is 0 Å². The summed E-state index contributed by atoms with van der Waals surface area (Å²) in [7, 11) is 0. The highest BCUT2D eigenvalue weighted by atomic mass is 16.5. The zero-order valence-corrected chi connectivity index (χ0v) is 17.4. The highest BCUT2D eigenvalue weighted by Crippen LogP contribution is 2.10. The first kappa shape index (κ1) is 24.7. The molecule has 4 heteroatoms. The summed E-state index contributed by atoms with van der Waals surface area (Å²) < 4.78 is 10.2. The fraction of sp³-hybridized carbons (Fsp3) is 0.818. The molecule has 152 valence electrons. The van der Waals surface area contributed by atoms with Gasteiger partial charge in [-0.25, -0.2) is 0 Å². The normalized spacial score (nSPS) is 11.5. The zero-order chi connectivity index (χ0) is 19.6. The molecular weight excluding hydrogens is 328 g/mol. The van der Waals surface area contributed by atoms with E-state index in [9.17, 15) is 9.59 Å². The molecule has 0 saturated carbocycles. The molecule has 0 heterocycles. The Bertz CT molecular complexity index is 386. The molecule has 0 radical (unpaired) electrons. The van der Waals surface area contributed by atoms with Gasteiger partial charge in [-0.1, -0.05) is 37.8 Å². The molecule has 0 amide bonds. The summed E-state index contributed by atoms with van der Waals surface area (Å²) in [6.45, 7) is 7.53. The monoisotopic (exact) mass is 368 g/mol. The highest BCUT2D eigenvalue weighted by Gasteiger charge is 2.05. The number of allylic oxidation sites excluding steroid dienone is 2. The number of ether oxygens (including phenoxy) is 2. The van der Waals surface area contributed by atoms with Crippen molar-refractivity contribution in [2.75, 3.05) is 0 Å². The van der Waals surface area contributed by atoms with Crippen LogP contribution in [-0.2, 0) is 19.1 Å². The van der Waals surface area contributed by atoms with Gasteiger partial charge in [-0.05, 0) is 66.2 Å². The second-order valence-electron chi connectivity index (χ2n) is 7.45. The van der Waals surface area contributed by atoms with E-state index in [1.165, 1.54) is 19.3 Å². The number of hydrogen-bond acceptors (Lipinski definition) is 4. The lowest BCUT2D eigenvalue weighted by molar-refractivity contribution is -0.148. The Morgan fingerprint density at radius 2 is 0.962 bits per heavy atom. The SMILES string of the molecule is CC(C)OC(=O)CCCCC/C=C/CCCCCCCC(=O)OC(C)C. The van der Waals surface area contributed by atoms with E-state index in [-0.39, 0.29) is 24.1 Å². The summed E-state index contributed by atoms with van der Waals surface area (Å²) in [6.07, 6.45) is 16.6. The Hall–Kier alpha value is -1.32. The Kier molecular flexibility index (Phi) is 16.2. The smallest absolute Gasteiger partial charge is 0.306 e. The van der Waals surface area contributed by atoms with Crippen LogP contribution in [0.5, 0.6) is 0 Å². The molecule has 0 aliphatic carbocycles. The molecule has 0 atom stereocenters. The lowest BCUT2D eigenvalue weighted by Crippen LogP contribution is -2.10.